The van der Waals surface area contributed by atoms with Crippen molar-refractivity contribution in [2.45, 2.75) is 39.7 Å². The highest BCUT2D eigenvalue weighted by atomic mass is 16.5. The molecular weight excluding hydrogens is 266 g/mol. The Kier molecular flexibility index (Phi) is 7.61. The zero-order valence-corrected chi connectivity index (χ0v) is 13.2. The van der Waals surface area contributed by atoms with E-state index in [0.717, 1.165) is 23.8 Å². The van der Waals surface area contributed by atoms with Crippen LogP contribution >= 0.6 is 0 Å². The smallest absolute Gasteiger partial charge is 0.170 e. The highest BCUT2D eigenvalue weighted by Crippen LogP contribution is 2.19. The van der Waals surface area contributed by atoms with E-state index in [-0.39, 0.29) is 5.84 Å². The molecule has 5 heteroatoms. The van der Waals surface area contributed by atoms with Gasteiger partial charge in [-0.2, -0.15) is 0 Å². The number of nitrogens with one attached hydrogen (secondary N) is 1. The first-order valence-corrected chi connectivity index (χ1v) is 7.44. The first kappa shape index (κ1) is 17.3. The van der Waals surface area contributed by atoms with Crippen LogP contribution in [0.2, 0.25) is 0 Å². The van der Waals surface area contributed by atoms with Gasteiger partial charge < -0.3 is 21.0 Å². The molecule has 0 aromatic heterocycles. The highest BCUT2D eigenvalue weighted by molar-refractivity contribution is 5.97. The van der Waals surface area contributed by atoms with Crippen LogP contribution in [0.1, 0.15) is 44.2 Å². The second kappa shape index (κ2) is 9.23. The van der Waals surface area contributed by atoms with Crippen LogP contribution in [0.25, 0.3) is 0 Å². The van der Waals surface area contributed by atoms with Gasteiger partial charge >= 0.3 is 0 Å². The molecule has 1 aromatic rings. The van der Waals surface area contributed by atoms with Crippen LogP contribution < -0.4 is 15.8 Å². The molecule has 0 aliphatic carbocycles. The Hall–Kier alpha value is -1.75. The molecule has 21 heavy (non-hydrogen) atoms. The molecule has 5 nitrogen and oxygen atoms in total. The molecular formula is C16H27N3O2. The fraction of sp³-hybridized carbons (Fsp3) is 0.562. The van der Waals surface area contributed by atoms with Crippen molar-refractivity contribution in [1.82, 2.24) is 5.32 Å². The Balaban J connectivity index is 2.52. The Bertz CT molecular complexity index is 459. The maximum atomic E-state index is 8.74. The number of amidine groups is 1. The van der Waals surface area contributed by atoms with Crippen molar-refractivity contribution in [3.63, 3.8) is 0 Å². The lowest BCUT2D eigenvalue weighted by Gasteiger charge is -2.11. The number of nitrogens with zero attached hydrogens (tertiary/aromatic N) is 1. The van der Waals surface area contributed by atoms with Gasteiger partial charge in [0.15, 0.2) is 5.84 Å². The van der Waals surface area contributed by atoms with E-state index in [1.165, 1.54) is 19.3 Å². The number of rotatable bonds is 9. The Morgan fingerprint density at radius 1 is 1.38 bits per heavy atom. The minimum absolute atomic E-state index is 0.107. The standard InChI is InChI=1S/C16H27N3O2/c1-12(2)6-4-5-9-18-11-14-10-13(16(17)19-20)7-8-15(14)21-3/h7-8,10,12,18,20H,4-6,9,11H2,1-3H3,(H2,17,19). The number of unbranched alkanes of at least 4 members (excludes halogenated alkanes) is 1. The lowest BCUT2D eigenvalue weighted by molar-refractivity contribution is 0.318. The van der Waals surface area contributed by atoms with E-state index in [2.05, 4.69) is 24.3 Å². The molecule has 0 amide bonds. The van der Waals surface area contributed by atoms with Gasteiger partial charge in [0, 0.05) is 17.7 Å². The monoisotopic (exact) mass is 293 g/mol. The first-order chi connectivity index (χ1) is 10.1. The van der Waals surface area contributed by atoms with Gasteiger partial charge in [0.1, 0.15) is 5.75 Å². The maximum Gasteiger partial charge on any atom is 0.170 e. The van der Waals surface area contributed by atoms with Crippen LogP contribution in [0.5, 0.6) is 5.75 Å². The minimum atomic E-state index is 0.107. The summed E-state index contributed by atoms with van der Waals surface area (Å²) in [6.45, 7) is 6.18. The quantitative estimate of drug-likeness (QED) is 0.215. The fourth-order valence-electron chi connectivity index (χ4n) is 2.16. The van der Waals surface area contributed by atoms with Crippen molar-refractivity contribution in [2.24, 2.45) is 16.8 Å². The molecule has 0 saturated carbocycles. The summed E-state index contributed by atoms with van der Waals surface area (Å²) >= 11 is 0. The third-order valence-corrected chi connectivity index (χ3v) is 3.38. The molecule has 0 unspecified atom stereocenters. The van der Waals surface area contributed by atoms with Crippen LogP contribution in [0.15, 0.2) is 23.4 Å². The average Bonchev–Trinajstić information content (AvgIpc) is 2.49. The van der Waals surface area contributed by atoms with Crippen LogP contribution in [0, 0.1) is 5.92 Å². The van der Waals surface area contributed by atoms with Gasteiger partial charge in [-0.05, 0) is 37.1 Å². The van der Waals surface area contributed by atoms with E-state index in [1.807, 2.05) is 12.1 Å². The van der Waals surface area contributed by atoms with E-state index < -0.39 is 0 Å². The summed E-state index contributed by atoms with van der Waals surface area (Å²) in [4.78, 5) is 0. The molecule has 0 saturated heterocycles. The van der Waals surface area contributed by atoms with Crippen LogP contribution in [-0.2, 0) is 6.54 Å². The molecule has 0 radical (unpaired) electrons. The Morgan fingerprint density at radius 2 is 2.14 bits per heavy atom. The van der Waals surface area contributed by atoms with Gasteiger partial charge in [-0.15, -0.1) is 0 Å². The Labute approximate surface area is 127 Å². The molecule has 4 N–H and O–H groups in total. The minimum Gasteiger partial charge on any atom is -0.496 e. The summed E-state index contributed by atoms with van der Waals surface area (Å²) in [7, 11) is 1.64. The summed E-state index contributed by atoms with van der Waals surface area (Å²) in [6, 6.07) is 5.50. The third kappa shape index (κ3) is 6.04. The fourth-order valence-corrected chi connectivity index (χ4v) is 2.16. The average molecular weight is 293 g/mol. The van der Waals surface area contributed by atoms with Gasteiger partial charge in [-0.1, -0.05) is 31.8 Å². The molecule has 0 aliphatic heterocycles. The van der Waals surface area contributed by atoms with Crippen molar-refractivity contribution in [3.8, 4) is 5.75 Å². The summed E-state index contributed by atoms with van der Waals surface area (Å²) in [5.74, 6) is 1.68. The summed E-state index contributed by atoms with van der Waals surface area (Å²) in [5.41, 5.74) is 7.31. The Morgan fingerprint density at radius 3 is 2.76 bits per heavy atom. The second-order valence-electron chi connectivity index (χ2n) is 5.58. The number of oxime groups is 1. The number of methoxy groups -OCH3 is 1. The lowest BCUT2D eigenvalue weighted by Crippen LogP contribution is -2.17. The first-order valence-electron chi connectivity index (χ1n) is 7.44. The van der Waals surface area contributed by atoms with Crippen LogP contribution in [-0.4, -0.2) is 24.7 Å². The van der Waals surface area contributed by atoms with Gasteiger partial charge in [0.25, 0.3) is 0 Å². The maximum absolute atomic E-state index is 8.74. The van der Waals surface area contributed by atoms with Crippen molar-refractivity contribution in [1.29, 1.82) is 0 Å². The van der Waals surface area contributed by atoms with Gasteiger partial charge in [-0.25, -0.2) is 0 Å². The zero-order valence-electron chi connectivity index (χ0n) is 13.2. The lowest BCUT2D eigenvalue weighted by atomic mass is 10.1. The van der Waals surface area contributed by atoms with Crippen molar-refractivity contribution in [2.75, 3.05) is 13.7 Å². The number of hydrogen-bond acceptors (Lipinski definition) is 4. The molecule has 1 rings (SSSR count). The second-order valence-corrected chi connectivity index (χ2v) is 5.58. The van der Waals surface area contributed by atoms with Crippen molar-refractivity contribution < 1.29 is 9.94 Å². The molecule has 0 fully saturated rings. The normalized spacial score (nSPS) is 11.9. The molecule has 0 heterocycles. The summed E-state index contributed by atoms with van der Waals surface area (Å²) < 4.78 is 5.34. The van der Waals surface area contributed by atoms with E-state index in [0.29, 0.717) is 12.1 Å². The largest absolute Gasteiger partial charge is 0.496 e. The SMILES string of the molecule is COc1ccc(/C(N)=N/O)cc1CNCCCCC(C)C. The summed E-state index contributed by atoms with van der Waals surface area (Å²) in [6.07, 6.45) is 3.68. The van der Waals surface area contributed by atoms with Gasteiger partial charge in [0.2, 0.25) is 0 Å². The van der Waals surface area contributed by atoms with Crippen molar-refractivity contribution in [3.05, 3.63) is 29.3 Å². The predicted molar refractivity (Wildman–Crippen MR) is 85.9 cm³/mol. The molecule has 0 bridgehead atoms. The number of nitrogens with two attached hydrogens (primary N) is 1. The van der Waals surface area contributed by atoms with E-state index in [1.54, 1.807) is 13.2 Å². The molecule has 118 valence electrons. The number of ether oxygens (including phenoxy) is 1. The van der Waals surface area contributed by atoms with E-state index in [9.17, 15) is 0 Å². The molecule has 0 aliphatic rings. The van der Waals surface area contributed by atoms with Crippen LogP contribution in [0.4, 0.5) is 0 Å². The molecule has 0 spiro atoms. The number of hydrogen-bond donors (Lipinski definition) is 3. The van der Waals surface area contributed by atoms with Gasteiger partial charge in [-0.3, -0.25) is 0 Å². The third-order valence-electron chi connectivity index (χ3n) is 3.38. The van der Waals surface area contributed by atoms with Gasteiger partial charge in [0.05, 0.1) is 7.11 Å². The van der Waals surface area contributed by atoms with Crippen LogP contribution in [0.3, 0.4) is 0 Å². The topological polar surface area (TPSA) is 79.9 Å². The van der Waals surface area contributed by atoms with Crippen molar-refractivity contribution >= 4 is 5.84 Å². The predicted octanol–water partition coefficient (Wildman–Crippen LogP) is 2.71. The molecule has 0 atom stereocenters. The summed E-state index contributed by atoms with van der Waals surface area (Å²) in [5, 5.41) is 15.2. The van der Waals surface area contributed by atoms with E-state index >= 15 is 0 Å². The molecule has 1 aromatic carbocycles. The van der Waals surface area contributed by atoms with E-state index in [4.69, 9.17) is 15.7 Å². The zero-order chi connectivity index (χ0) is 15.7. The number of benzene rings is 1. The highest BCUT2D eigenvalue weighted by Gasteiger charge is 2.07.